The number of aromatic nitrogens is 3. The van der Waals surface area contributed by atoms with Crippen LogP contribution in [0, 0.1) is 6.92 Å². The molecule has 3 aromatic heterocycles. The number of benzene rings is 1. The Labute approximate surface area is 199 Å². The van der Waals surface area contributed by atoms with Crippen LogP contribution in [0.15, 0.2) is 59.2 Å². The standard InChI is InChI=1S/C23H22N6O4S/c1-15-20(34-23(24-15)28-9-12-32-13-10-28)22(31)26-25-21(30)18-14-17(19-8-5-11-33-19)27-29(18)16-6-3-2-4-7-16/h2-8,11,14H,9-10,12-13H2,1H3,(H,25,30)(H,26,31). The highest BCUT2D eigenvalue weighted by Gasteiger charge is 2.23. The quantitative estimate of drug-likeness (QED) is 0.424. The van der Waals surface area contributed by atoms with E-state index in [1.807, 2.05) is 30.3 Å². The topological polar surface area (TPSA) is 115 Å². The summed E-state index contributed by atoms with van der Waals surface area (Å²) in [5, 5.41) is 5.29. The molecule has 4 aromatic rings. The van der Waals surface area contributed by atoms with Gasteiger partial charge in [-0.25, -0.2) is 9.67 Å². The minimum atomic E-state index is -0.516. The van der Waals surface area contributed by atoms with Gasteiger partial charge in [0.15, 0.2) is 10.9 Å². The van der Waals surface area contributed by atoms with Gasteiger partial charge in [-0.15, -0.1) is 0 Å². The molecule has 11 heteroatoms. The van der Waals surface area contributed by atoms with Crippen molar-refractivity contribution in [1.82, 2.24) is 25.6 Å². The number of carbonyl (C=O) groups is 2. The van der Waals surface area contributed by atoms with Crippen LogP contribution in [0.3, 0.4) is 0 Å². The molecule has 0 saturated carbocycles. The van der Waals surface area contributed by atoms with E-state index >= 15 is 0 Å². The minimum Gasteiger partial charge on any atom is -0.463 e. The number of nitrogens with one attached hydrogen (secondary N) is 2. The van der Waals surface area contributed by atoms with E-state index in [1.165, 1.54) is 16.0 Å². The molecule has 1 saturated heterocycles. The van der Waals surface area contributed by atoms with Gasteiger partial charge in [0.05, 0.1) is 30.9 Å². The van der Waals surface area contributed by atoms with Gasteiger partial charge in [-0.2, -0.15) is 5.10 Å². The summed E-state index contributed by atoms with van der Waals surface area (Å²) in [6, 6.07) is 14.4. The monoisotopic (exact) mass is 478 g/mol. The molecular weight excluding hydrogens is 456 g/mol. The lowest BCUT2D eigenvalue weighted by Crippen LogP contribution is -2.42. The Hall–Kier alpha value is -3.96. The predicted octanol–water partition coefficient (Wildman–Crippen LogP) is 2.81. The summed E-state index contributed by atoms with van der Waals surface area (Å²) in [6.07, 6.45) is 1.54. The molecule has 1 aliphatic heterocycles. The number of morpholine rings is 1. The second-order valence-electron chi connectivity index (χ2n) is 7.56. The number of thiazole rings is 1. The third-order valence-electron chi connectivity index (χ3n) is 5.28. The van der Waals surface area contributed by atoms with Gasteiger partial charge in [-0.1, -0.05) is 29.5 Å². The summed E-state index contributed by atoms with van der Waals surface area (Å²) in [4.78, 5) is 32.9. The van der Waals surface area contributed by atoms with Gasteiger partial charge in [-0.05, 0) is 31.2 Å². The first-order valence-electron chi connectivity index (χ1n) is 10.7. The van der Waals surface area contributed by atoms with Gasteiger partial charge in [0.2, 0.25) is 0 Å². The molecule has 0 bridgehead atoms. The van der Waals surface area contributed by atoms with Crippen molar-refractivity contribution in [3.05, 3.63) is 71.1 Å². The van der Waals surface area contributed by atoms with E-state index in [-0.39, 0.29) is 5.69 Å². The lowest BCUT2D eigenvalue weighted by molar-refractivity contribution is 0.0844. The van der Waals surface area contributed by atoms with Crippen molar-refractivity contribution in [2.75, 3.05) is 31.2 Å². The zero-order valence-electron chi connectivity index (χ0n) is 18.4. The smallest absolute Gasteiger partial charge is 0.288 e. The van der Waals surface area contributed by atoms with E-state index in [1.54, 1.807) is 31.4 Å². The molecule has 5 rings (SSSR count). The SMILES string of the molecule is Cc1nc(N2CCOCC2)sc1C(=O)NNC(=O)c1cc(-c2ccco2)nn1-c1ccccc1. The summed E-state index contributed by atoms with van der Waals surface area (Å²) in [7, 11) is 0. The van der Waals surface area contributed by atoms with Crippen molar-refractivity contribution in [2.45, 2.75) is 6.92 Å². The molecule has 1 aromatic carbocycles. The zero-order chi connectivity index (χ0) is 23.5. The molecule has 10 nitrogen and oxygen atoms in total. The fraction of sp³-hybridized carbons (Fsp3) is 0.217. The Kier molecular flexibility index (Phi) is 6.11. The Morgan fingerprint density at radius 1 is 1.03 bits per heavy atom. The van der Waals surface area contributed by atoms with Gasteiger partial charge in [0.1, 0.15) is 16.3 Å². The average molecular weight is 479 g/mol. The normalized spacial score (nSPS) is 13.6. The number of hydrazine groups is 1. The fourth-order valence-electron chi connectivity index (χ4n) is 3.57. The molecule has 174 valence electrons. The number of anilines is 1. The molecule has 2 N–H and O–H groups in total. The van der Waals surface area contributed by atoms with Crippen LogP contribution >= 0.6 is 11.3 Å². The van der Waals surface area contributed by atoms with Gasteiger partial charge >= 0.3 is 0 Å². The number of nitrogens with zero attached hydrogens (tertiary/aromatic N) is 4. The summed E-state index contributed by atoms with van der Waals surface area (Å²) in [5.74, 6) is -0.415. The third kappa shape index (κ3) is 4.43. The first-order chi connectivity index (χ1) is 16.6. The van der Waals surface area contributed by atoms with E-state index in [9.17, 15) is 9.59 Å². The number of hydrogen-bond donors (Lipinski definition) is 2. The predicted molar refractivity (Wildman–Crippen MR) is 126 cm³/mol. The molecule has 34 heavy (non-hydrogen) atoms. The molecule has 0 spiro atoms. The first kappa shape index (κ1) is 21.9. The van der Waals surface area contributed by atoms with Crippen molar-refractivity contribution < 1.29 is 18.7 Å². The van der Waals surface area contributed by atoms with Crippen LogP contribution in [0.2, 0.25) is 0 Å². The maximum Gasteiger partial charge on any atom is 0.288 e. The molecule has 2 amide bonds. The van der Waals surface area contributed by atoms with E-state index in [4.69, 9.17) is 9.15 Å². The Bertz CT molecular complexity index is 1290. The summed E-state index contributed by atoms with van der Waals surface area (Å²) < 4.78 is 12.3. The van der Waals surface area contributed by atoms with Crippen LogP contribution in [0.1, 0.15) is 25.9 Å². The van der Waals surface area contributed by atoms with Crippen LogP contribution in [-0.2, 0) is 4.74 Å². The minimum absolute atomic E-state index is 0.243. The second kappa shape index (κ2) is 9.49. The molecule has 1 aliphatic rings. The fourth-order valence-corrected chi connectivity index (χ4v) is 4.58. The number of furan rings is 1. The highest BCUT2D eigenvalue weighted by atomic mass is 32.1. The molecule has 4 heterocycles. The highest BCUT2D eigenvalue weighted by Crippen LogP contribution is 2.27. The number of hydrogen-bond acceptors (Lipinski definition) is 8. The van der Waals surface area contributed by atoms with E-state index in [2.05, 4.69) is 25.8 Å². The van der Waals surface area contributed by atoms with Crippen LogP contribution in [0.5, 0.6) is 0 Å². The third-order valence-corrected chi connectivity index (χ3v) is 6.50. The van der Waals surface area contributed by atoms with Crippen molar-refractivity contribution >= 4 is 28.3 Å². The number of para-hydroxylation sites is 1. The summed E-state index contributed by atoms with van der Waals surface area (Å²) in [5.41, 5.74) is 7.04. The Morgan fingerprint density at radius 2 is 1.79 bits per heavy atom. The number of rotatable bonds is 5. The van der Waals surface area contributed by atoms with Gasteiger partial charge in [0.25, 0.3) is 11.8 Å². The molecular formula is C23H22N6O4S. The average Bonchev–Trinajstić information content (AvgIpc) is 3.63. The van der Waals surface area contributed by atoms with Crippen LogP contribution in [-0.4, -0.2) is 52.9 Å². The molecule has 0 unspecified atom stereocenters. The lowest BCUT2D eigenvalue weighted by atomic mass is 10.3. The van der Waals surface area contributed by atoms with E-state index in [0.29, 0.717) is 40.9 Å². The molecule has 0 aliphatic carbocycles. The van der Waals surface area contributed by atoms with Crippen molar-refractivity contribution in [1.29, 1.82) is 0 Å². The molecule has 1 fully saturated rings. The van der Waals surface area contributed by atoms with Gasteiger partial charge in [-0.3, -0.25) is 20.4 Å². The maximum atomic E-state index is 13.0. The highest BCUT2D eigenvalue weighted by molar-refractivity contribution is 7.17. The molecule has 0 atom stereocenters. The summed E-state index contributed by atoms with van der Waals surface area (Å²) in [6.45, 7) is 4.49. The first-order valence-corrected chi connectivity index (χ1v) is 11.5. The van der Waals surface area contributed by atoms with Gasteiger partial charge < -0.3 is 14.1 Å². The number of ether oxygens (including phenoxy) is 1. The number of carbonyl (C=O) groups excluding carboxylic acids is 2. The maximum absolute atomic E-state index is 13.0. The molecule has 0 radical (unpaired) electrons. The van der Waals surface area contributed by atoms with Crippen LogP contribution in [0.25, 0.3) is 17.1 Å². The zero-order valence-corrected chi connectivity index (χ0v) is 19.2. The number of amides is 2. The second-order valence-corrected chi connectivity index (χ2v) is 8.54. The van der Waals surface area contributed by atoms with Crippen molar-refractivity contribution in [3.8, 4) is 17.1 Å². The van der Waals surface area contributed by atoms with Gasteiger partial charge in [0, 0.05) is 19.2 Å². The Balaban J connectivity index is 1.34. The Morgan fingerprint density at radius 3 is 2.53 bits per heavy atom. The van der Waals surface area contributed by atoms with E-state index in [0.717, 1.165) is 18.2 Å². The van der Waals surface area contributed by atoms with E-state index < -0.39 is 11.8 Å². The van der Waals surface area contributed by atoms with Crippen molar-refractivity contribution in [2.24, 2.45) is 0 Å². The lowest BCUT2D eigenvalue weighted by Gasteiger charge is -2.25. The van der Waals surface area contributed by atoms with Crippen LogP contribution < -0.4 is 15.8 Å². The summed E-state index contributed by atoms with van der Waals surface area (Å²) >= 11 is 1.29. The van der Waals surface area contributed by atoms with Crippen molar-refractivity contribution in [3.63, 3.8) is 0 Å². The van der Waals surface area contributed by atoms with Crippen LogP contribution in [0.4, 0.5) is 5.13 Å². The number of aryl methyl sites for hydroxylation is 1. The largest absolute Gasteiger partial charge is 0.463 e.